The topological polar surface area (TPSA) is 133 Å². The second-order valence-electron chi connectivity index (χ2n) is 15.6. The number of aromatic nitrogens is 2. The molecule has 1 fully saturated rings. The van der Waals surface area contributed by atoms with Crippen molar-refractivity contribution in [2.24, 2.45) is 5.73 Å². The Morgan fingerprint density at radius 3 is 1.86 bits per heavy atom. The van der Waals surface area contributed by atoms with E-state index >= 15 is 0 Å². The van der Waals surface area contributed by atoms with Gasteiger partial charge in [-0.1, -0.05) is 117 Å². The van der Waals surface area contributed by atoms with Crippen molar-refractivity contribution in [1.29, 1.82) is 0 Å². The molecule has 0 saturated carbocycles. The zero-order valence-electron chi connectivity index (χ0n) is 30.5. The largest absolute Gasteiger partial charge is 0.444 e. The summed E-state index contributed by atoms with van der Waals surface area (Å²) in [5.41, 5.74) is 7.62. The highest BCUT2D eigenvalue weighted by Gasteiger charge is 2.46. The molecule has 2 amide bonds. The minimum absolute atomic E-state index is 0.00634. The Morgan fingerprint density at radius 2 is 1.40 bits per heavy atom. The fourth-order valence-electron chi connectivity index (χ4n) is 6.10. The van der Waals surface area contributed by atoms with Crippen LogP contribution in [0.2, 0.25) is 18.1 Å². The van der Waals surface area contributed by atoms with Gasteiger partial charge < -0.3 is 24.7 Å². The number of amides is 2. The maximum Gasteiger partial charge on any atom is 0.411 e. The number of nitrogens with two attached hydrogens (primary N) is 1. The summed E-state index contributed by atoms with van der Waals surface area (Å²) in [5, 5.41) is 7.59. The van der Waals surface area contributed by atoms with Crippen LogP contribution >= 0.6 is 0 Å². The predicted octanol–water partition coefficient (Wildman–Crippen LogP) is 7.64. The molecule has 3 aromatic carbocycles. The number of nitrogens with one attached hydrogen (secondary N) is 1. The van der Waals surface area contributed by atoms with Gasteiger partial charge in [0.25, 0.3) is 0 Å². The second-order valence-corrected chi connectivity index (χ2v) is 20.3. The molecule has 0 radical (unpaired) electrons. The van der Waals surface area contributed by atoms with Gasteiger partial charge in [-0.15, -0.1) is 0 Å². The predicted molar refractivity (Wildman–Crippen MR) is 196 cm³/mol. The number of likely N-dealkylation sites (tertiary alicyclic amines) is 1. The normalized spacial score (nSPS) is 17.7. The van der Waals surface area contributed by atoms with E-state index in [-0.39, 0.29) is 29.4 Å². The average molecular weight is 698 g/mol. The molecule has 1 aromatic heterocycles. The molecule has 0 spiro atoms. The first-order chi connectivity index (χ1) is 23.5. The molecule has 3 atom stereocenters. The van der Waals surface area contributed by atoms with Crippen molar-refractivity contribution in [3.63, 3.8) is 0 Å². The Kier molecular flexibility index (Phi) is 10.7. The van der Waals surface area contributed by atoms with Crippen molar-refractivity contribution < 1.29 is 23.3 Å². The van der Waals surface area contributed by atoms with Crippen molar-refractivity contribution >= 4 is 20.3 Å². The SMILES string of the molecule is CC(C)(C)OC(=O)N1C[C@H](O[Si](C)(C)C(C)(C)C)C[C@H]1c1noc([C@@H](N)CC(=O)NC(c2ccccc2)(c2ccccc2)c2ccccc2)n1. The summed E-state index contributed by atoms with van der Waals surface area (Å²) in [7, 11) is -2.14. The lowest BCUT2D eigenvalue weighted by molar-refractivity contribution is -0.122. The van der Waals surface area contributed by atoms with Gasteiger partial charge in [-0.05, 0) is 55.6 Å². The fraction of sp³-hybridized carbons (Fsp3) is 0.436. The highest BCUT2D eigenvalue weighted by atomic mass is 28.4. The van der Waals surface area contributed by atoms with Crippen LogP contribution in [0.3, 0.4) is 0 Å². The van der Waals surface area contributed by atoms with Crippen molar-refractivity contribution in [2.75, 3.05) is 6.54 Å². The van der Waals surface area contributed by atoms with E-state index in [0.29, 0.717) is 18.8 Å². The van der Waals surface area contributed by atoms with Crippen molar-refractivity contribution in [3.05, 3.63) is 119 Å². The van der Waals surface area contributed by atoms with Crippen LogP contribution in [0.5, 0.6) is 0 Å². The van der Waals surface area contributed by atoms with E-state index in [2.05, 4.69) is 49.3 Å². The highest BCUT2D eigenvalue weighted by molar-refractivity contribution is 6.74. The van der Waals surface area contributed by atoms with Gasteiger partial charge in [-0.25, -0.2) is 4.79 Å². The van der Waals surface area contributed by atoms with Crippen LogP contribution in [0.15, 0.2) is 95.5 Å². The lowest BCUT2D eigenvalue weighted by Crippen LogP contribution is -2.48. The van der Waals surface area contributed by atoms with E-state index in [1.807, 2.05) is 112 Å². The monoisotopic (exact) mass is 697 g/mol. The highest BCUT2D eigenvalue weighted by Crippen LogP contribution is 2.42. The zero-order chi connectivity index (χ0) is 36.3. The third kappa shape index (κ3) is 8.17. The molecular formula is C39H51N5O5Si. The van der Waals surface area contributed by atoms with Gasteiger partial charge in [0.05, 0.1) is 18.6 Å². The molecule has 50 heavy (non-hydrogen) atoms. The Bertz CT molecular complexity index is 1640. The Labute approximate surface area is 296 Å². The third-order valence-electron chi connectivity index (χ3n) is 9.58. The summed E-state index contributed by atoms with van der Waals surface area (Å²) in [6.45, 7) is 16.8. The van der Waals surface area contributed by atoms with Crippen LogP contribution in [0.4, 0.5) is 4.79 Å². The lowest BCUT2D eigenvalue weighted by Gasteiger charge is -2.38. The summed E-state index contributed by atoms with van der Waals surface area (Å²) in [4.78, 5) is 33.7. The minimum atomic E-state index is -2.14. The van der Waals surface area contributed by atoms with Crippen molar-refractivity contribution in [1.82, 2.24) is 20.4 Å². The molecule has 0 unspecified atom stereocenters. The summed E-state index contributed by atoms with van der Waals surface area (Å²) in [5.74, 6) is 0.112. The number of ether oxygens (including phenoxy) is 1. The average Bonchev–Trinajstić information content (AvgIpc) is 3.71. The Balaban J connectivity index is 1.39. The van der Waals surface area contributed by atoms with Gasteiger partial charge in [0.15, 0.2) is 14.1 Å². The molecule has 2 heterocycles. The summed E-state index contributed by atoms with van der Waals surface area (Å²) >= 11 is 0. The number of nitrogens with zero attached hydrogens (tertiary/aromatic N) is 3. The van der Waals surface area contributed by atoms with Crippen molar-refractivity contribution in [2.45, 2.75) is 102 Å². The first-order valence-corrected chi connectivity index (χ1v) is 20.1. The van der Waals surface area contributed by atoms with E-state index in [0.717, 1.165) is 16.7 Å². The summed E-state index contributed by atoms with van der Waals surface area (Å²) in [6.07, 6.45) is -0.336. The van der Waals surface area contributed by atoms with Gasteiger partial charge in [0, 0.05) is 13.0 Å². The molecule has 0 bridgehead atoms. The first kappa shape index (κ1) is 36.9. The number of carbonyl (C=O) groups excluding carboxylic acids is 2. The van der Waals surface area contributed by atoms with E-state index in [1.165, 1.54) is 0 Å². The van der Waals surface area contributed by atoms with Gasteiger partial charge in [0.1, 0.15) is 17.2 Å². The maximum atomic E-state index is 14.0. The second kappa shape index (κ2) is 14.5. The lowest BCUT2D eigenvalue weighted by atomic mass is 9.77. The molecule has 266 valence electrons. The van der Waals surface area contributed by atoms with Crippen molar-refractivity contribution in [3.8, 4) is 0 Å². The molecule has 4 aromatic rings. The minimum Gasteiger partial charge on any atom is -0.444 e. The van der Waals surface area contributed by atoms with E-state index in [9.17, 15) is 9.59 Å². The molecule has 10 nitrogen and oxygen atoms in total. The number of hydrogen-bond donors (Lipinski definition) is 2. The summed E-state index contributed by atoms with van der Waals surface area (Å²) < 4.78 is 18.1. The van der Waals surface area contributed by atoms with Gasteiger partial charge in [-0.2, -0.15) is 4.98 Å². The Hall–Kier alpha value is -4.32. The fourth-order valence-corrected chi connectivity index (χ4v) is 7.46. The van der Waals surface area contributed by atoms with Crippen LogP contribution in [-0.2, 0) is 19.5 Å². The molecule has 1 aliphatic heterocycles. The molecule has 11 heteroatoms. The van der Waals surface area contributed by atoms with E-state index in [4.69, 9.17) is 19.4 Å². The van der Waals surface area contributed by atoms with Gasteiger partial charge in [-0.3, -0.25) is 9.69 Å². The van der Waals surface area contributed by atoms with Gasteiger partial charge in [0.2, 0.25) is 11.8 Å². The van der Waals surface area contributed by atoms with Crippen LogP contribution in [-0.4, -0.2) is 53.6 Å². The number of carbonyl (C=O) groups is 2. The third-order valence-corrected chi connectivity index (χ3v) is 14.1. The smallest absolute Gasteiger partial charge is 0.411 e. The van der Waals surface area contributed by atoms with E-state index < -0.39 is 37.6 Å². The van der Waals surface area contributed by atoms with Crippen LogP contribution in [0.25, 0.3) is 0 Å². The Morgan fingerprint density at radius 1 is 0.900 bits per heavy atom. The van der Waals surface area contributed by atoms with Gasteiger partial charge >= 0.3 is 6.09 Å². The number of benzene rings is 3. The zero-order valence-corrected chi connectivity index (χ0v) is 31.5. The molecule has 5 rings (SSSR count). The van der Waals surface area contributed by atoms with E-state index in [1.54, 1.807) is 4.90 Å². The standard InChI is InChI=1S/C39H51N5O5Si/c1-37(2,3)47-36(46)44-26-30(49-50(7,8)38(4,5)6)24-32(44)34-41-35(48-43-34)31(40)25-33(45)42-39(27-18-12-9-13-19-27,28-20-14-10-15-21-28)29-22-16-11-17-23-29/h9-23,30-32H,24-26,40H2,1-8H3,(H,42,45)/t30-,31+,32+/m1/s1. The molecular weight excluding hydrogens is 647 g/mol. The quantitative estimate of drug-likeness (QED) is 0.128. The molecule has 3 N–H and O–H groups in total. The number of hydrogen-bond acceptors (Lipinski definition) is 8. The maximum absolute atomic E-state index is 14.0. The first-order valence-electron chi connectivity index (χ1n) is 17.2. The summed E-state index contributed by atoms with van der Waals surface area (Å²) in [6, 6.07) is 28.2. The van der Waals surface area contributed by atoms with Crippen LogP contribution in [0, 0.1) is 0 Å². The molecule has 0 aliphatic carbocycles. The molecule has 1 saturated heterocycles. The van der Waals surface area contributed by atoms with Crippen LogP contribution < -0.4 is 11.1 Å². The van der Waals surface area contributed by atoms with Crippen LogP contribution in [0.1, 0.15) is 94.9 Å². The molecule has 1 aliphatic rings. The number of rotatable bonds is 10.